The SMILES string of the molecule is C#CCCCC(=O)OCC(O)COc1ccc2ccc(OCC(O)COC(=O)CCCC)c(Cc3c(OCC(O)COC(=O)CCCC#C)ccc4ccc(OCC(O)COC(=O)CCCC=C)cc34)c2c1. The summed E-state index contributed by atoms with van der Waals surface area (Å²) in [4.78, 5) is 48.8. The highest BCUT2D eigenvalue weighted by Gasteiger charge is 2.21. The highest BCUT2D eigenvalue weighted by atomic mass is 16.6. The van der Waals surface area contributed by atoms with Crippen molar-refractivity contribution in [3.05, 3.63) is 84.4 Å². The molecule has 16 heteroatoms. The van der Waals surface area contributed by atoms with Crippen LogP contribution in [0.3, 0.4) is 0 Å². The number of rotatable bonds is 35. The van der Waals surface area contributed by atoms with Crippen LogP contribution in [0.15, 0.2) is 73.3 Å². The highest BCUT2D eigenvalue weighted by molar-refractivity contribution is 5.93. The molecule has 72 heavy (non-hydrogen) atoms. The summed E-state index contributed by atoms with van der Waals surface area (Å²) in [5, 5.41) is 46.0. The lowest BCUT2D eigenvalue weighted by Gasteiger charge is -2.21. The maximum atomic E-state index is 12.3. The largest absolute Gasteiger partial charge is 0.491 e. The molecule has 0 heterocycles. The number of allylic oxidation sites excluding steroid dienone is 1. The molecule has 0 fully saturated rings. The first kappa shape index (κ1) is 57.8. The van der Waals surface area contributed by atoms with Gasteiger partial charge < -0.3 is 58.3 Å². The molecule has 4 unspecified atom stereocenters. The van der Waals surface area contributed by atoms with E-state index in [4.69, 9.17) is 50.7 Å². The zero-order valence-electron chi connectivity index (χ0n) is 41.1. The fourth-order valence-electron chi connectivity index (χ4n) is 7.05. The number of ether oxygens (including phenoxy) is 8. The second kappa shape index (κ2) is 32.2. The van der Waals surface area contributed by atoms with E-state index in [9.17, 15) is 39.6 Å². The number of benzene rings is 4. The standard InChI is InChI=1S/C56H68O16/c1-5-9-13-17-54(62)70-35-41(57)31-65-45-24-20-39-22-26-51(67-33-43(59)37-69-53(61)16-12-8-4)49(47(39)28-45)30-50-48-29-46(66-32-42(58)36-71-55(63)18-14-10-6-2)25-21-40(48)23-27-52(50)68-34-44(60)38-72-56(64)19-15-11-7-3/h1,3,6,20-29,41-44,57-60H,2,8-19,30-38H2,4H3. The quantitative estimate of drug-likeness (QED) is 0.0121. The summed E-state index contributed by atoms with van der Waals surface area (Å²) in [6, 6.07) is 17.7. The minimum atomic E-state index is -1.21. The molecule has 4 N–H and O–H groups in total. The van der Waals surface area contributed by atoms with Crippen LogP contribution >= 0.6 is 0 Å². The number of carbonyl (C=O) groups excluding carboxylic acids is 4. The Morgan fingerprint density at radius 3 is 1.26 bits per heavy atom. The Bertz CT molecular complexity index is 2450. The fraction of sp³-hybridized carbons (Fsp3) is 0.464. The van der Waals surface area contributed by atoms with Crippen molar-refractivity contribution < 1.29 is 77.5 Å². The van der Waals surface area contributed by atoms with Crippen molar-refractivity contribution in [1.82, 2.24) is 0 Å². The third-order valence-corrected chi connectivity index (χ3v) is 10.9. The number of aliphatic hydroxyl groups is 4. The third-order valence-electron chi connectivity index (χ3n) is 10.9. The van der Waals surface area contributed by atoms with Crippen molar-refractivity contribution in [1.29, 1.82) is 0 Å². The second-order valence-corrected chi connectivity index (χ2v) is 17.0. The fourth-order valence-corrected chi connectivity index (χ4v) is 7.05. The van der Waals surface area contributed by atoms with E-state index in [2.05, 4.69) is 18.4 Å². The van der Waals surface area contributed by atoms with E-state index in [0.29, 0.717) is 89.8 Å². The Balaban J connectivity index is 1.71. The average Bonchev–Trinajstić information content (AvgIpc) is 3.38. The van der Waals surface area contributed by atoms with Crippen molar-refractivity contribution in [2.24, 2.45) is 0 Å². The van der Waals surface area contributed by atoms with Gasteiger partial charge in [-0.1, -0.05) is 43.7 Å². The molecular weight excluding hydrogens is 929 g/mol. The zero-order valence-corrected chi connectivity index (χ0v) is 41.1. The Hall–Kier alpha value is -6.82. The van der Waals surface area contributed by atoms with E-state index in [1.165, 1.54) is 0 Å². The minimum absolute atomic E-state index is 0.0945. The first-order chi connectivity index (χ1) is 34.8. The molecule has 0 bridgehead atoms. The summed E-state index contributed by atoms with van der Waals surface area (Å²) >= 11 is 0. The molecule has 16 nitrogen and oxygen atoms in total. The lowest BCUT2D eigenvalue weighted by Crippen LogP contribution is -2.26. The van der Waals surface area contributed by atoms with E-state index in [0.717, 1.165) is 17.2 Å². The van der Waals surface area contributed by atoms with Crippen molar-refractivity contribution in [2.45, 2.75) is 115 Å². The summed E-state index contributed by atoms with van der Waals surface area (Å²) in [6.45, 7) is 3.51. The Morgan fingerprint density at radius 2 is 0.889 bits per heavy atom. The van der Waals surface area contributed by atoms with Gasteiger partial charge in [0.15, 0.2) is 0 Å². The Kier molecular flexibility index (Phi) is 25.8. The van der Waals surface area contributed by atoms with Crippen LogP contribution in [0.2, 0.25) is 0 Å². The van der Waals surface area contributed by atoms with Crippen molar-refractivity contribution in [3.8, 4) is 47.7 Å². The monoisotopic (exact) mass is 996 g/mol. The first-order valence-electron chi connectivity index (χ1n) is 24.3. The summed E-state index contributed by atoms with van der Waals surface area (Å²) in [7, 11) is 0. The summed E-state index contributed by atoms with van der Waals surface area (Å²) in [5.41, 5.74) is 1.20. The van der Waals surface area contributed by atoms with Gasteiger partial charge in [-0.25, -0.2) is 0 Å². The van der Waals surface area contributed by atoms with Gasteiger partial charge in [-0.3, -0.25) is 19.2 Å². The van der Waals surface area contributed by atoms with E-state index >= 15 is 0 Å². The number of terminal acetylenes is 2. The molecule has 0 aliphatic rings. The molecule has 0 saturated carbocycles. The smallest absolute Gasteiger partial charge is 0.305 e. The molecular formula is C56H68O16. The van der Waals surface area contributed by atoms with Crippen LogP contribution in [0.1, 0.15) is 95.1 Å². The third kappa shape index (κ3) is 20.9. The number of esters is 4. The summed E-state index contributed by atoms with van der Waals surface area (Å²) in [5.74, 6) is 4.50. The number of fused-ring (bicyclic) bond motifs is 2. The molecule has 4 aromatic rings. The van der Waals surface area contributed by atoms with Crippen molar-refractivity contribution >= 4 is 45.4 Å². The molecule has 0 amide bonds. The van der Waals surface area contributed by atoms with Crippen LogP contribution in [0, 0.1) is 24.7 Å². The first-order valence-corrected chi connectivity index (χ1v) is 24.3. The van der Waals surface area contributed by atoms with Crippen molar-refractivity contribution in [2.75, 3.05) is 52.9 Å². The van der Waals surface area contributed by atoms with Crippen LogP contribution in [0.5, 0.6) is 23.0 Å². The number of carbonyl (C=O) groups is 4. The molecule has 0 radical (unpaired) electrons. The Labute approximate surface area is 421 Å². The topological polar surface area (TPSA) is 223 Å². The van der Waals surface area contributed by atoms with Gasteiger partial charge in [0.05, 0.1) is 0 Å². The van der Waals surface area contributed by atoms with Crippen LogP contribution in [0.4, 0.5) is 0 Å². The normalized spacial score (nSPS) is 12.6. The number of aliphatic hydroxyl groups excluding tert-OH is 4. The highest BCUT2D eigenvalue weighted by Crippen LogP contribution is 2.38. The predicted molar refractivity (Wildman–Crippen MR) is 269 cm³/mol. The molecule has 0 spiro atoms. The van der Waals surface area contributed by atoms with E-state index in [1.807, 2.05) is 31.2 Å². The lowest BCUT2D eigenvalue weighted by atomic mass is 9.93. The van der Waals surface area contributed by atoms with Gasteiger partial charge in [0, 0.05) is 56.1 Å². The van der Waals surface area contributed by atoms with Crippen LogP contribution in [-0.2, 0) is 44.5 Å². The Morgan fingerprint density at radius 1 is 0.528 bits per heavy atom. The lowest BCUT2D eigenvalue weighted by molar-refractivity contribution is -0.148. The molecule has 4 atom stereocenters. The van der Waals surface area contributed by atoms with Gasteiger partial charge in [0.1, 0.15) is 100 Å². The average molecular weight is 997 g/mol. The van der Waals surface area contributed by atoms with E-state index < -0.39 is 48.3 Å². The molecule has 388 valence electrons. The van der Waals surface area contributed by atoms with Gasteiger partial charge in [-0.15, -0.1) is 31.3 Å². The molecule has 0 saturated heterocycles. The minimum Gasteiger partial charge on any atom is -0.491 e. The molecule has 0 aliphatic carbocycles. The van der Waals surface area contributed by atoms with Crippen LogP contribution in [-0.4, -0.2) is 122 Å². The van der Waals surface area contributed by atoms with Gasteiger partial charge in [0.25, 0.3) is 0 Å². The zero-order chi connectivity index (χ0) is 52.1. The van der Waals surface area contributed by atoms with Gasteiger partial charge >= 0.3 is 23.9 Å². The maximum absolute atomic E-state index is 12.3. The number of hydrogen-bond donors (Lipinski definition) is 4. The van der Waals surface area contributed by atoms with Crippen LogP contribution < -0.4 is 18.9 Å². The van der Waals surface area contributed by atoms with Gasteiger partial charge in [0.2, 0.25) is 0 Å². The number of hydrogen-bond acceptors (Lipinski definition) is 16. The van der Waals surface area contributed by atoms with E-state index in [1.54, 1.807) is 42.5 Å². The summed E-state index contributed by atoms with van der Waals surface area (Å²) < 4.78 is 45.6. The van der Waals surface area contributed by atoms with Crippen LogP contribution in [0.25, 0.3) is 21.5 Å². The molecule has 0 aliphatic heterocycles. The molecule has 4 rings (SSSR count). The van der Waals surface area contributed by atoms with Gasteiger partial charge in [-0.05, 0) is 90.0 Å². The summed E-state index contributed by atoms with van der Waals surface area (Å²) in [6.07, 6.45) is 12.8. The predicted octanol–water partition coefficient (Wildman–Crippen LogP) is 6.87. The second-order valence-electron chi connectivity index (χ2n) is 17.0. The van der Waals surface area contributed by atoms with Gasteiger partial charge in [-0.2, -0.15) is 0 Å². The molecule has 0 aromatic heterocycles. The van der Waals surface area contributed by atoms with Crippen molar-refractivity contribution in [3.63, 3.8) is 0 Å². The van der Waals surface area contributed by atoms with E-state index in [-0.39, 0.29) is 85.0 Å². The maximum Gasteiger partial charge on any atom is 0.305 e. The number of unbranched alkanes of at least 4 members (excludes halogenated alkanes) is 4. The molecule has 4 aromatic carbocycles.